The van der Waals surface area contributed by atoms with Gasteiger partial charge in [0, 0.05) is 50.0 Å². The number of phenolic OH excluding ortho intramolecular Hbond substituents is 2. The molecule has 14 heteroatoms. The molecule has 2 fully saturated rings. The number of aromatic hydroxyl groups is 2. The quantitative estimate of drug-likeness (QED) is 0.0392. The summed E-state index contributed by atoms with van der Waals surface area (Å²) in [4.78, 5) is 29.8. The van der Waals surface area contributed by atoms with Gasteiger partial charge < -0.3 is 41.4 Å². The summed E-state index contributed by atoms with van der Waals surface area (Å²) in [7, 11) is 4.59. The number of guanidine groups is 1. The molecule has 0 saturated heterocycles. The Balaban J connectivity index is 0.000000257. The van der Waals surface area contributed by atoms with Crippen molar-refractivity contribution in [1.82, 2.24) is 21.3 Å². The molecule has 2 aliphatic rings. The van der Waals surface area contributed by atoms with Gasteiger partial charge in [0.1, 0.15) is 34.1 Å². The molecule has 0 unspecified atom stereocenters. The monoisotopic (exact) mass is 830 g/mol. The Hall–Kier alpha value is -6.77. The van der Waals surface area contributed by atoms with Gasteiger partial charge in [0.25, 0.3) is 11.8 Å². The fourth-order valence-electron chi connectivity index (χ4n) is 8.14. The highest BCUT2D eigenvalue weighted by Crippen LogP contribution is 2.41. The molecule has 2 amide bonds. The summed E-state index contributed by atoms with van der Waals surface area (Å²) in [5.74, 6) is 0.271. The molecule has 61 heavy (non-hydrogen) atoms. The van der Waals surface area contributed by atoms with Crippen LogP contribution in [0.15, 0.2) is 102 Å². The summed E-state index contributed by atoms with van der Waals surface area (Å²) in [6.07, 6.45) is 9.02. The molecular formula is C47H58N8O6. The summed E-state index contributed by atoms with van der Waals surface area (Å²) in [5, 5.41) is 48.4. The number of methoxy groups -OCH3 is 2. The normalized spacial score (nSPS) is 20.6. The highest BCUT2D eigenvalue weighted by atomic mass is 16.5. The molecule has 2 aliphatic carbocycles. The van der Waals surface area contributed by atoms with E-state index in [1.165, 1.54) is 44.4 Å². The standard InChI is InChI=1S/C24H29N5O3.C21H26N2O3.C2H3N/c1-26-23(28-16-25)29-18-11-13-24(14-12-18,17-7-4-3-5-8-17)15-27-22(31)21-19(30)9-6-10-20(21)32-2;1-26-18-9-5-8-17(24)19(18)20(25)23-14-21(12-10-16(22)11-13-21)15-6-3-2-4-7-15;1-2-3/h3-10,18,30H,11-15H2,1-2H3,(H,27,31)(H2,26,28,29);2-9,16,24H,10-14,22H2,1H3,(H,23,25);1H3. The van der Waals surface area contributed by atoms with E-state index in [2.05, 4.69) is 50.5 Å². The molecule has 0 aliphatic heterocycles. The van der Waals surface area contributed by atoms with Crippen LogP contribution in [0.2, 0.25) is 0 Å². The Bertz CT molecular complexity index is 2140. The average molecular weight is 831 g/mol. The van der Waals surface area contributed by atoms with Gasteiger partial charge in [-0.3, -0.25) is 19.9 Å². The van der Waals surface area contributed by atoms with Crippen molar-refractivity contribution in [2.24, 2.45) is 10.7 Å². The Kier molecular flexibility index (Phi) is 17.8. The number of ether oxygens (including phenoxy) is 2. The zero-order valence-electron chi connectivity index (χ0n) is 35.4. The van der Waals surface area contributed by atoms with E-state index in [9.17, 15) is 19.8 Å². The molecular weight excluding hydrogens is 773 g/mol. The number of hydrogen-bond donors (Lipinski definition) is 7. The number of benzene rings is 4. The first-order valence-electron chi connectivity index (χ1n) is 20.3. The number of phenols is 2. The zero-order valence-corrected chi connectivity index (χ0v) is 35.4. The molecule has 0 bridgehead atoms. The average Bonchev–Trinajstić information content (AvgIpc) is 3.29. The van der Waals surface area contributed by atoms with Crippen LogP contribution in [0.25, 0.3) is 0 Å². The van der Waals surface area contributed by atoms with E-state index in [0.29, 0.717) is 30.5 Å². The summed E-state index contributed by atoms with van der Waals surface area (Å²) < 4.78 is 10.5. The molecule has 4 aromatic carbocycles. The third-order valence-corrected chi connectivity index (χ3v) is 11.5. The van der Waals surface area contributed by atoms with E-state index in [0.717, 1.165) is 51.4 Å². The first-order chi connectivity index (χ1) is 29.5. The molecule has 0 radical (unpaired) electrons. The summed E-state index contributed by atoms with van der Waals surface area (Å²) in [6.45, 7) is 2.37. The summed E-state index contributed by atoms with van der Waals surface area (Å²) in [6, 6.07) is 32.2. The van der Waals surface area contributed by atoms with E-state index in [4.69, 9.17) is 25.7 Å². The van der Waals surface area contributed by atoms with Crippen LogP contribution in [0.3, 0.4) is 0 Å². The Morgan fingerprint density at radius 3 is 1.51 bits per heavy atom. The van der Waals surface area contributed by atoms with Crippen LogP contribution in [0.5, 0.6) is 23.0 Å². The number of nitrogens with one attached hydrogen (secondary N) is 4. The predicted molar refractivity (Wildman–Crippen MR) is 235 cm³/mol. The maximum atomic E-state index is 13.0. The smallest absolute Gasteiger partial charge is 0.258 e. The van der Waals surface area contributed by atoms with E-state index >= 15 is 0 Å². The van der Waals surface area contributed by atoms with Crippen molar-refractivity contribution in [3.63, 3.8) is 0 Å². The number of carbonyl (C=O) groups excluding carboxylic acids is 2. The second-order valence-electron chi connectivity index (χ2n) is 15.2. The molecule has 2 saturated carbocycles. The molecule has 0 atom stereocenters. The van der Waals surface area contributed by atoms with E-state index < -0.39 is 0 Å². The minimum Gasteiger partial charge on any atom is -0.507 e. The molecule has 6 rings (SSSR count). The largest absolute Gasteiger partial charge is 0.507 e. The van der Waals surface area contributed by atoms with E-state index in [1.54, 1.807) is 37.4 Å². The number of hydrogen-bond acceptors (Lipinski definition) is 10. The third kappa shape index (κ3) is 12.4. The van der Waals surface area contributed by atoms with Gasteiger partial charge in [0.2, 0.25) is 5.96 Å². The lowest BCUT2D eigenvalue weighted by Gasteiger charge is -2.41. The lowest BCUT2D eigenvalue weighted by atomic mass is 9.68. The second-order valence-corrected chi connectivity index (χ2v) is 15.2. The topological polar surface area (TPSA) is 227 Å². The fraction of sp³-hybridized carbons (Fsp3) is 0.383. The van der Waals surface area contributed by atoms with Crippen molar-refractivity contribution in [3.8, 4) is 35.3 Å². The van der Waals surface area contributed by atoms with E-state index in [1.807, 2.05) is 42.6 Å². The number of nitrogens with zero attached hydrogens (tertiary/aromatic N) is 3. The number of aliphatic imine (C=N–C) groups is 1. The van der Waals surface area contributed by atoms with Gasteiger partial charge in [0.15, 0.2) is 6.19 Å². The van der Waals surface area contributed by atoms with Crippen molar-refractivity contribution in [2.75, 3.05) is 34.4 Å². The van der Waals surface area contributed by atoms with Crippen LogP contribution in [-0.4, -0.2) is 74.4 Å². The number of nitrogens with two attached hydrogens (primary N) is 1. The molecule has 322 valence electrons. The van der Waals surface area contributed by atoms with Crippen LogP contribution in [0.4, 0.5) is 0 Å². The number of nitriles is 2. The van der Waals surface area contributed by atoms with Crippen LogP contribution < -0.4 is 36.5 Å². The van der Waals surface area contributed by atoms with Gasteiger partial charge in [-0.25, -0.2) is 0 Å². The first-order valence-corrected chi connectivity index (χ1v) is 20.3. The molecule has 8 N–H and O–H groups in total. The number of amides is 2. The predicted octanol–water partition coefficient (Wildman–Crippen LogP) is 6.16. The minimum atomic E-state index is -0.367. The van der Waals surface area contributed by atoms with Crippen molar-refractivity contribution >= 4 is 17.8 Å². The highest BCUT2D eigenvalue weighted by molar-refractivity contribution is 6.00. The Morgan fingerprint density at radius 2 is 1.13 bits per heavy atom. The molecule has 4 aromatic rings. The van der Waals surface area contributed by atoms with Crippen molar-refractivity contribution < 1.29 is 29.3 Å². The van der Waals surface area contributed by atoms with Gasteiger partial charge in [-0.1, -0.05) is 72.8 Å². The van der Waals surface area contributed by atoms with E-state index in [-0.39, 0.29) is 57.4 Å². The fourth-order valence-corrected chi connectivity index (χ4v) is 8.14. The lowest BCUT2D eigenvalue weighted by Crippen LogP contribution is -2.49. The van der Waals surface area contributed by atoms with Gasteiger partial charge >= 0.3 is 0 Å². The van der Waals surface area contributed by atoms with Gasteiger partial charge in [-0.05, 0) is 86.8 Å². The third-order valence-electron chi connectivity index (χ3n) is 11.5. The highest BCUT2D eigenvalue weighted by Gasteiger charge is 2.39. The van der Waals surface area contributed by atoms with Crippen molar-refractivity contribution in [1.29, 1.82) is 10.5 Å². The number of carbonyl (C=O) groups is 2. The summed E-state index contributed by atoms with van der Waals surface area (Å²) >= 11 is 0. The Labute approximate surface area is 358 Å². The Morgan fingerprint density at radius 1 is 0.721 bits per heavy atom. The van der Waals surface area contributed by atoms with Crippen LogP contribution >= 0.6 is 0 Å². The van der Waals surface area contributed by atoms with Crippen LogP contribution in [0, 0.1) is 22.8 Å². The van der Waals surface area contributed by atoms with Crippen LogP contribution in [0.1, 0.15) is 90.1 Å². The molecule has 0 aromatic heterocycles. The second kappa shape index (κ2) is 23.1. The molecule has 14 nitrogen and oxygen atoms in total. The van der Waals surface area contributed by atoms with Crippen LogP contribution in [-0.2, 0) is 10.8 Å². The van der Waals surface area contributed by atoms with Crippen molar-refractivity contribution in [2.45, 2.75) is 81.2 Å². The molecule has 0 heterocycles. The van der Waals surface area contributed by atoms with Crippen molar-refractivity contribution in [3.05, 3.63) is 119 Å². The SMILES string of the molecule is CC#N.CN=C(NC#N)NC1CCC(CNC(=O)c2c(O)cccc2OC)(c2ccccc2)CC1.COc1cccc(O)c1C(=O)NCC1(c2ccccc2)CCC(N)CC1. The number of rotatable bonds is 11. The maximum Gasteiger partial charge on any atom is 0.258 e. The van der Waals surface area contributed by atoms with Gasteiger partial charge in [-0.2, -0.15) is 10.5 Å². The molecule has 0 spiro atoms. The van der Waals surface area contributed by atoms with Gasteiger partial charge in [0.05, 0.1) is 20.3 Å². The minimum absolute atomic E-state index is 0.0822. The maximum absolute atomic E-state index is 13.0. The zero-order chi connectivity index (χ0) is 44.3. The first kappa shape index (κ1) is 46.9. The summed E-state index contributed by atoms with van der Waals surface area (Å²) in [5.41, 5.74) is 8.43. The lowest BCUT2D eigenvalue weighted by molar-refractivity contribution is 0.0921. The van der Waals surface area contributed by atoms with Gasteiger partial charge in [-0.15, -0.1) is 0 Å².